The molecular formula is C26H29ClN4O3. The van der Waals surface area contributed by atoms with Gasteiger partial charge in [-0.2, -0.15) is 9.78 Å². The lowest BCUT2D eigenvalue weighted by molar-refractivity contribution is 0.0600. The molecule has 1 fully saturated rings. The van der Waals surface area contributed by atoms with Crippen LogP contribution in [-0.4, -0.2) is 40.3 Å². The highest BCUT2D eigenvalue weighted by Gasteiger charge is 2.20. The summed E-state index contributed by atoms with van der Waals surface area (Å²) in [5.41, 5.74) is 2.88. The molecule has 0 bridgehead atoms. The van der Waals surface area contributed by atoms with Crippen molar-refractivity contribution in [2.75, 3.05) is 19.0 Å². The lowest BCUT2D eigenvalue weighted by Gasteiger charge is -2.33. The fraction of sp³-hybridized carbons (Fsp3) is 0.346. The van der Waals surface area contributed by atoms with Crippen molar-refractivity contribution in [3.05, 3.63) is 86.8 Å². The van der Waals surface area contributed by atoms with E-state index in [1.807, 2.05) is 6.07 Å². The summed E-state index contributed by atoms with van der Waals surface area (Å²) in [6.45, 7) is 4.82. The van der Waals surface area contributed by atoms with Gasteiger partial charge in [0.25, 0.3) is 5.56 Å². The van der Waals surface area contributed by atoms with E-state index in [1.165, 1.54) is 38.1 Å². The molecule has 4 rings (SSSR count). The molecule has 2 aromatic carbocycles. The summed E-state index contributed by atoms with van der Waals surface area (Å²) in [6.07, 6.45) is 5.27. The highest BCUT2D eigenvalue weighted by molar-refractivity contribution is 6.32. The highest BCUT2D eigenvalue weighted by Crippen LogP contribution is 2.23. The fourth-order valence-electron chi connectivity index (χ4n) is 4.35. The number of aromatic nitrogens is 2. The van der Waals surface area contributed by atoms with Crippen LogP contribution in [0.3, 0.4) is 0 Å². The second-order valence-electron chi connectivity index (χ2n) is 8.54. The Hall–Kier alpha value is -3.16. The van der Waals surface area contributed by atoms with Crippen molar-refractivity contribution in [1.82, 2.24) is 14.7 Å². The van der Waals surface area contributed by atoms with Gasteiger partial charge < -0.3 is 10.1 Å². The van der Waals surface area contributed by atoms with Crippen molar-refractivity contribution in [2.24, 2.45) is 0 Å². The number of piperidine rings is 1. The summed E-state index contributed by atoms with van der Waals surface area (Å²) in [5.74, 6) is -0.553. The minimum atomic E-state index is -0.553. The molecule has 178 valence electrons. The molecule has 1 aromatic heterocycles. The Balaban J connectivity index is 1.55. The van der Waals surface area contributed by atoms with Gasteiger partial charge in [0.1, 0.15) is 5.02 Å². The number of likely N-dealkylation sites (tertiary alicyclic amines) is 1. The predicted octanol–water partition coefficient (Wildman–Crippen LogP) is 4.66. The molecule has 2 heterocycles. The maximum Gasteiger partial charge on any atom is 0.340 e. The zero-order chi connectivity index (χ0) is 24.1. The topological polar surface area (TPSA) is 76.5 Å². The van der Waals surface area contributed by atoms with Crippen LogP contribution < -0.4 is 10.9 Å². The first-order valence-electron chi connectivity index (χ1n) is 11.5. The quantitative estimate of drug-likeness (QED) is 0.496. The average Bonchev–Trinajstić information content (AvgIpc) is 2.86. The number of benzene rings is 2. The Kier molecular flexibility index (Phi) is 7.65. The van der Waals surface area contributed by atoms with Gasteiger partial charge in [0.2, 0.25) is 0 Å². The molecule has 1 aliphatic rings. The van der Waals surface area contributed by atoms with Crippen molar-refractivity contribution in [2.45, 2.75) is 45.3 Å². The molecule has 1 unspecified atom stereocenters. The first-order valence-corrected chi connectivity index (χ1v) is 11.9. The Morgan fingerprint density at radius 3 is 2.65 bits per heavy atom. The van der Waals surface area contributed by atoms with Gasteiger partial charge >= 0.3 is 5.97 Å². The van der Waals surface area contributed by atoms with Crippen LogP contribution in [0.5, 0.6) is 0 Å². The summed E-state index contributed by atoms with van der Waals surface area (Å²) >= 11 is 6.43. The zero-order valence-electron chi connectivity index (χ0n) is 19.5. The number of carbonyl (C=O) groups is 1. The summed E-state index contributed by atoms with van der Waals surface area (Å²) in [5, 5.41) is 7.55. The Morgan fingerprint density at radius 2 is 1.88 bits per heavy atom. The van der Waals surface area contributed by atoms with E-state index in [9.17, 15) is 9.59 Å². The van der Waals surface area contributed by atoms with Crippen LogP contribution in [0.4, 0.5) is 5.69 Å². The molecule has 1 N–H and O–H groups in total. The minimum absolute atomic E-state index is 0.0109. The number of esters is 1. The maximum atomic E-state index is 13.0. The number of hydrogen-bond donors (Lipinski definition) is 1. The number of anilines is 1. The fourth-order valence-corrected chi connectivity index (χ4v) is 4.55. The predicted molar refractivity (Wildman–Crippen MR) is 134 cm³/mol. The van der Waals surface area contributed by atoms with Gasteiger partial charge in [-0.25, -0.2) is 4.79 Å². The second-order valence-corrected chi connectivity index (χ2v) is 8.91. The van der Waals surface area contributed by atoms with Crippen LogP contribution in [0, 0.1) is 0 Å². The van der Waals surface area contributed by atoms with Gasteiger partial charge in [0.15, 0.2) is 0 Å². The third kappa shape index (κ3) is 5.16. The number of para-hydroxylation sites is 1. The number of nitrogens with one attached hydrogen (secondary N) is 1. The molecule has 34 heavy (non-hydrogen) atoms. The number of halogens is 1. The molecule has 1 atom stereocenters. The van der Waals surface area contributed by atoms with Crippen molar-refractivity contribution < 1.29 is 9.53 Å². The van der Waals surface area contributed by atoms with Gasteiger partial charge in [-0.3, -0.25) is 9.69 Å². The SMILES string of the molecule is COC(=O)c1ccccc1-n1ncc(NCc2ccccc2CN2CCCCC2C)c(Cl)c1=O. The highest BCUT2D eigenvalue weighted by atomic mass is 35.5. The molecule has 7 nitrogen and oxygen atoms in total. The molecule has 0 saturated carbocycles. The normalized spacial score (nSPS) is 16.3. The van der Waals surface area contributed by atoms with Crippen molar-refractivity contribution in [1.29, 1.82) is 0 Å². The first-order chi connectivity index (χ1) is 16.5. The number of carbonyl (C=O) groups excluding carboxylic acids is 1. The van der Waals surface area contributed by atoms with E-state index >= 15 is 0 Å². The molecular weight excluding hydrogens is 452 g/mol. The van der Waals surface area contributed by atoms with Gasteiger partial charge in [0.05, 0.1) is 30.2 Å². The summed E-state index contributed by atoms with van der Waals surface area (Å²) in [7, 11) is 1.29. The van der Waals surface area contributed by atoms with Gasteiger partial charge in [-0.15, -0.1) is 0 Å². The van der Waals surface area contributed by atoms with Crippen LogP contribution in [-0.2, 0) is 17.8 Å². The van der Waals surface area contributed by atoms with E-state index in [1.54, 1.807) is 24.3 Å². The van der Waals surface area contributed by atoms with Crippen LogP contribution in [0.1, 0.15) is 47.7 Å². The third-order valence-electron chi connectivity index (χ3n) is 6.36. The van der Waals surface area contributed by atoms with Crippen molar-refractivity contribution >= 4 is 23.3 Å². The lowest BCUT2D eigenvalue weighted by atomic mass is 10.0. The molecule has 1 saturated heterocycles. The molecule has 0 spiro atoms. The Bertz CT molecular complexity index is 1230. The van der Waals surface area contributed by atoms with Gasteiger partial charge in [-0.1, -0.05) is 54.4 Å². The molecule has 0 aliphatic carbocycles. The van der Waals surface area contributed by atoms with Crippen LogP contribution in [0.15, 0.2) is 59.5 Å². The number of methoxy groups -OCH3 is 1. The van der Waals surface area contributed by atoms with E-state index in [2.05, 4.69) is 40.4 Å². The zero-order valence-corrected chi connectivity index (χ0v) is 20.2. The molecule has 0 radical (unpaired) electrons. The Labute approximate surface area is 204 Å². The summed E-state index contributed by atoms with van der Waals surface area (Å²) < 4.78 is 5.94. The van der Waals surface area contributed by atoms with Crippen molar-refractivity contribution in [3.63, 3.8) is 0 Å². The van der Waals surface area contributed by atoms with E-state index < -0.39 is 11.5 Å². The Morgan fingerprint density at radius 1 is 1.15 bits per heavy atom. The van der Waals surface area contributed by atoms with E-state index in [0.717, 1.165) is 23.3 Å². The standard InChI is InChI=1S/C26H29ClN4O3/c1-18-9-7-8-14-30(18)17-20-11-4-3-10-19(20)15-28-22-16-29-31(25(32)24(22)27)23-13-6-5-12-21(23)26(33)34-2/h3-6,10-13,16,18,28H,7-9,14-15,17H2,1-2H3. The van der Waals surface area contributed by atoms with Crippen LogP contribution in [0.25, 0.3) is 5.69 Å². The number of nitrogens with zero attached hydrogens (tertiary/aromatic N) is 3. The van der Waals surface area contributed by atoms with E-state index in [4.69, 9.17) is 16.3 Å². The average molecular weight is 481 g/mol. The maximum absolute atomic E-state index is 13.0. The van der Waals surface area contributed by atoms with Crippen LogP contribution in [0.2, 0.25) is 5.02 Å². The van der Waals surface area contributed by atoms with E-state index in [0.29, 0.717) is 24.0 Å². The lowest BCUT2D eigenvalue weighted by Crippen LogP contribution is -2.37. The monoisotopic (exact) mass is 480 g/mol. The molecule has 8 heteroatoms. The molecule has 0 amide bonds. The van der Waals surface area contributed by atoms with Gasteiger partial charge in [-0.05, 0) is 49.6 Å². The second kappa shape index (κ2) is 10.8. The smallest absolute Gasteiger partial charge is 0.340 e. The first kappa shape index (κ1) is 24.0. The van der Waals surface area contributed by atoms with E-state index in [-0.39, 0.29) is 10.6 Å². The molecule has 3 aromatic rings. The van der Waals surface area contributed by atoms with Crippen molar-refractivity contribution in [3.8, 4) is 5.69 Å². The number of hydrogen-bond acceptors (Lipinski definition) is 6. The third-order valence-corrected chi connectivity index (χ3v) is 6.72. The van der Waals surface area contributed by atoms with Crippen LogP contribution >= 0.6 is 11.6 Å². The molecule has 1 aliphatic heterocycles. The number of rotatable bonds is 7. The number of ether oxygens (including phenoxy) is 1. The summed E-state index contributed by atoms with van der Waals surface area (Å²) in [6, 6.07) is 15.5. The minimum Gasteiger partial charge on any atom is -0.465 e. The largest absolute Gasteiger partial charge is 0.465 e. The van der Waals surface area contributed by atoms with Gasteiger partial charge in [0, 0.05) is 19.1 Å². The summed E-state index contributed by atoms with van der Waals surface area (Å²) in [4.78, 5) is 27.6.